The van der Waals surface area contributed by atoms with E-state index >= 15 is 0 Å². The maximum absolute atomic E-state index is 11.0. The van der Waals surface area contributed by atoms with Crippen LogP contribution in [0.25, 0.3) is 0 Å². The molecule has 0 aliphatic rings. The summed E-state index contributed by atoms with van der Waals surface area (Å²) in [6, 6.07) is 7.23. The van der Waals surface area contributed by atoms with Crippen molar-refractivity contribution in [2.45, 2.75) is 4.90 Å². The molecule has 0 bridgehead atoms. The summed E-state index contributed by atoms with van der Waals surface area (Å²) in [4.78, 5) is 0.154. The van der Waals surface area contributed by atoms with Gasteiger partial charge in [0.2, 0.25) is 0 Å². The minimum Gasteiger partial charge on any atom is -0.497 e. The van der Waals surface area contributed by atoms with E-state index in [1.807, 2.05) is 0 Å². The van der Waals surface area contributed by atoms with Gasteiger partial charge < -0.3 is 4.74 Å². The first kappa shape index (κ1) is 9.06. The molecule has 1 rings (SSSR count). The Bertz CT molecular complexity index is 368. The Labute approximate surface area is 71.9 Å². The Morgan fingerprint density at radius 3 is 2.67 bits per heavy atom. The monoisotopic (exact) mass is 185 g/mol. The summed E-state index contributed by atoms with van der Waals surface area (Å²) in [5, 5.41) is 0. The molecular weight excluding hydrogens is 176 g/mol. The van der Waals surface area contributed by atoms with Gasteiger partial charge in [-0.2, -0.15) is 0 Å². The molecule has 1 radical (unpaired) electrons. The Morgan fingerprint density at radius 1 is 1.50 bits per heavy atom. The molecule has 12 heavy (non-hydrogen) atoms. The molecule has 0 unspecified atom stereocenters. The highest BCUT2D eigenvalue weighted by Gasteiger charge is 2.07. The van der Waals surface area contributed by atoms with Crippen molar-refractivity contribution >= 4 is 9.84 Å². The predicted octanol–water partition coefficient (Wildman–Crippen LogP) is 0.899. The maximum atomic E-state index is 11.0. The number of methoxy groups -OCH3 is 1. The van der Waals surface area contributed by atoms with Crippen LogP contribution in [0.2, 0.25) is 0 Å². The van der Waals surface area contributed by atoms with E-state index in [-0.39, 0.29) is 4.90 Å². The molecule has 65 valence electrons. The lowest BCUT2D eigenvalue weighted by Crippen LogP contribution is -1.97. The SMILES string of the molecule is COc1cc[c]c(S(C)(=O)=O)c1. The van der Waals surface area contributed by atoms with Crippen molar-refractivity contribution < 1.29 is 13.2 Å². The lowest BCUT2D eigenvalue weighted by atomic mass is 10.3. The summed E-state index contributed by atoms with van der Waals surface area (Å²) in [6.07, 6.45) is 1.14. The van der Waals surface area contributed by atoms with E-state index < -0.39 is 9.84 Å². The van der Waals surface area contributed by atoms with E-state index in [9.17, 15) is 8.42 Å². The van der Waals surface area contributed by atoms with Crippen molar-refractivity contribution in [3.8, 4) is 5.75 Å². The highest BCUT2D eigenvalue weighted by Crippen LogP contribution is 2.15. The molecule has 0 aliphatic carbocycles. The van der Waals surface area contributed by atoms with Crippen LogP contribution in [-0.4, -0.2) is 21.8 Å². The predicted molar refractivity (Wildman–Crippen MR) is 44.9 cm³/mol. The van der Waals surface area contributed by atoms with Gasteiger partial charge in [0.15, 0.2) is 9.84 Å². The molecule has 0 spiro atoms. The van der Waals surface area contributed by atoms with E-state index in [0.717, 1.165) is 6.26 Å². The topological polar surface area (TPSA) is 43.4 Å². The van der Waals surface area contributed by atoms with E-state index in [1.54, 1.807) is 6.07 Å². The molecule has 1 aromatic rings. The fraction of sp³-hybridized carbons (Fsp3) is 0.250. The van der Waals surface area contributed by atoms with Gasteiger partial charge in [-0.15, -0.1) is 0 Å². The van der Waals surface area contributed by atoms with Crippen LogP contribution in [0.3, 0.4) is 0 Å². The Morgan fingerprint density at radius 2 is 2.17 bits per heavy atom. The van der Waals surface area contributed by atoms with Crippen molar-refractivity contribution in [2.75, 3.05) is 13.4 Å². The molecule has 4 heteroatoms. The number of hydrogen-bond donors (Lipinski definition) is 0. The van der Waals surface area contributed by atoms with Gasteiger partial charge in [0, 0.05) is 12.3 Å². The van der Waals surface area contributed by atoms with Gasteiger partial charge in [-0.05, 0) is 18.2 Å². The molecule has 0 saturated carbocycles. The van der Waals surface area contributed by atoms with Crippen molar-refractivity contribution in [1.29, 1.82) is 0 Å². The fourth-order valence-electron chi connectivity index (χ4n) is 0.766. The highest BCUT2D eigenvalue weighted by molar-refractivity contribution is 7.90. The summed E-state index contributed by atoms with van der Waals surface area (Å²) >= 11 is 0. The number of ether oxygens (including phenoxy) is 1. The number of rotatable bonds is 2. The summed E-state index contributed by atoms with van der Waals surface area (Å²) in [7, 11) is -1.68. The number of hydrogen-bond acceptors (Lipinski definition) is 3. The Hall–Kier alpha value is -1.03. The Kier molecular flexibility index (Phi) is 2.38. The summed E-state index contributed by atoms with van der Waals surface area (Å²) in [6.45, 7) is 0. The third-order valence-corrected chi connectivity index (χ3v) is 2.42. The van der Waals surface area contributed by atoms with Gasteiger partial charge in [-0.1, -0.05) is 0 Å². The van der Waals surface area contributed by atoms with Gasteiger partial charge in [0.25, 0.3) is 0 Å². The zero-order valence-electron chi connectivity index (χ0n) is 6.87. The van der Waals surface area contributed by atoms with Gasteiger partial charge in [-0.25, -0.2) is 8.42 Å². The summed E-state index contributed by atoms with van der Waals surface area (Å²) < 4.78 is 26.9. The smallest absolute Gasteiger partial charge is 0.176 e. The quantitative estimate of drug-likeness (QED) is 0.687. The minimum atomic E-state index is -3.17. The van der Waals surface area contributed by atoms with E-state index in [2.05, 4.69) is 6.07 Å². The van der Waals surface area contributed by atoms with E-state index in [1.165, 1.54) is 19.2 Å². The molecule has 1 aromatic carbocycles. The van der Waals surface area contributed by atoms with Crippen LogP contribution in [0, 0.1) is 6.07 Å². The molecule has 0 saturated heterocycles. The standard InChI is InChI=1S/C8H9O3S/c1-11-7-4-3-5-8(6-7)12(2,9)10/h3-4,6H,1-2H3. The number of sulfone groups is 1. The molecule has 0 N–H and O–H groups in total. The average molecular weight is 185 g/mol. The zero-order chi connectivity index (χ0) is 9.19. The molecule has 3 nitrogen and oxygen atoms in total. The molecule has 0 fully saturated rings. The van der Waals surface area contributed by atoms with Crippen molar-refractivity contribution in [3.63, 3.8) is 0 Å². The lowest BCUT2D eigenvalue weighted by Gasteiger charge is -2.00. The van der Waals surface area contributed by atoms with E-state index in [4.69, 9.17) is 4.74 Å². The normalized spacial score (nSPS) is 11.2. The molecule has 0 atom stereocenters. The maximum Gasteiger partial charge on any atom is 0.176 e. The van der Waals surface area contributed by atoms with Gasteiger partial charge in [0.1, 0.15) is 5.75 Å². The Balaban J connectivity index is 3.20. The van der Waals surface area contributed by atoms with Gasteiger partial charge in [-0.3, -0.25) is 0 Å². The van der Waals surface area contributed by atoms with Crippen LogP contribution in [0.15, 0.2) is 23.1 Å². The van der Waals surface area contributed by atoms with Crippen molar-refractivity contribution in [3.05, 3.63) is 24.3 Å². The first-order valence-corrected chi connectivity index (χ1v) is 5.19. The van der Waals surface area contributed by atoms with Gasteiger partial charge in [0.05, 0.1) is 12.0 Å². The van der Waals surface area contributed by atoms with Crippen LogP contribution < -0.4 is 4.74 Å². The third-order valence-electron chi connectivity index (χ3n) is 1.38. The molecule has 0 heterocycles. The second-order valence-electron chi connectivity index (χ2n) is 2.36. The zero-order valence-corrected chi connectivity index (χ0v) is 7.68. The first-order chi connectivity index (χ1) is 5.54. The van der Waals surface area contributed by atoms with Crippen LogP contribution in [-0.2, 0) is 9.84 Å². The molecule has 0 aliphatic heterocycles. The summed E-state index contributed by atoms with van der Waals surface area (Å²) in [5.74, 6) is 0.522. The van der Waals surface area contributed by atoms with Crippen molar-refractivity contribution in [1.82, 2.24) is 0 Å². The van der Waals surface area contributed by atoms with Crippen LogP contribution >= 0.6 is 0 Å². The minimum absolute atomic E-state index is 0.154. The largest absolute Gasteiger partial charge is 0.497 e. The second-order valence-corrected chi connectivity index (χ2v) is 4.35. The van der Waals surface area contributed by atoms with Crippen LogP contribution in [0.5, 0.6) is 5.75 Å². The third kappa shape index (κ3) is 1.98. The molecule has 0 aromatic heterocycles. The van der Waals surface area contributed by atoms with E-state index in [0.29, 0.717) is 5.75 Å². The first-order valence-electron chi connectivity index (χ1n) is 3.30. The van der Waals surface area contributed by atoms with Crippen molar-refractivity contribution in [2.24, 2.45) is 0 Å². The van der Waals surface area contributed by atoms with Gasteiger partial charge >= 0.3 is 0 Å². The molecule has 0 amide bonds. The fourth-order valence-corrected chi connectivity index (χ4v) is 1.38. The number of benzene rings is 1. The second kappa shape index (κ2) is 3.15. The summed E-state index contributed by atoms with van der Waals surface area (Å²) in [5.41, 5.74) is 0. The lowest BCUT2D eigenvalue weighted by molar-refractivity contribution is 0.413. The molecular formula is C8H9O3S. The average Bonchev–Trinajstić information content (AvgIpc) is 2.03. The van der Waals surface area contributed by atoms with Crippen LogP contribution in [0.4, 0.5) is 0 Å². The highest BCUT2D eigenvalue weighted by atomic mass is 32.2. The van der Waals surface area contributed by atoms with Crippen LogP contribution in [0.1, 0.15) is 0 Å².